The second-order valence-electron chi connectivity index (χ2n) is 8.84. The molecule has 2 N–H and O–H groups in total. The monoisotopic (exact) mass is 579 g/mol. The van der Waals surface area contributed by atoms with Crippen LogP contribution in [-0.2, 0) is 26.2 Å². The number of benzene rings is 3. The molecule has 0 aliphatic heterocycles. The summed E-state index contributed by atoms with van der Waals surface area (Å²) in [6.45, 7) is 0.872. The maximum atomic E-state index is 12.9. The van der Waals surface area contributed by atoms with Gasteiger partial charge in [0.25, 0.3) is 0 Å². The number of nitrogens with zero attached hydrogens (tertiary/aromatic N) is 3. The topological polar surface area (TPSA) is 131 Å². The molecule has 0 atom stereocenters. The Kier molecular flexibility index (Phi) is 7.71. The molecule has 0 unspecified atom stereocenters. The van der Waals surface area contributed by atoms with E-state index in [9.17, 15) is 16.8 Å². The van der Waals surface area contributed by atoms with E-state index in [1.165, 1.54) is 23.9 Å². The largest absolute Gasteiger partial charge is 0.340 e. The first-order valence-corrected chi connectivity index (χ1v) is 16.3. The highest BCUT2D eigenvalue weighted by molar-refractivity contribution is 7.91. The fourth-order valence-electron chi connectivity index (χ4n) is 3.88. The molecule has 200 valence electrons. The van der Waals surface area contributed by atoms with Crippen LogP contribution in [0, 0.1) is 0 Å². The minimum absolute atomic E-state index is 0.0862. The van der Waals surface area contributed by atoms with E-state index in [4.69, 9.17) is 0 Å². The quantitative estimate of drug-likeness (QED) is 0.230. The Morgan fingerprint density at radius 2 is 1.59 bits per heavy atom. The number of rotatable bonds is 10. The van der Waals surface area contributed by atoms with Gasteiger partial charge in [0.15, 0.2) is 0 Å². The van der Waals surface area contributed by atoms with Crippen LogP contribution in [-0.4, -0.2) is 50.3 Å². The van der Waals surface area contributed by atoms with Crippen LogP contribution in [0.3, 0.4) is 0 Å². The van der Waals surface area contributed by atoms with Gasteiger partial charge in [0, 0.05) is 36.6 Å². The first kappa shape index (κ1) is 26.9. The predicted molar refractivity (Wildman–Crippen MR) is 154 cm³/mol. The van der Waals surface area contributed by atoms with Crippen molar-refractivity contribution in [2.24, 2.45) is 0 Å². The summed E-state index contributed by atoms with van der Waals surface area (Å²) in [7, 11) is -6.59. The molecular formula is C27H25N5O4S3. The van der Waals surface area contributed by atoms with Crippen molar-refractivity contribution < 1.29 is 16.8 Å². The minimum atomic E-state index is -3.59. The molecule has 0 saturated carbocycles. The zero-order valence-electron chi connectivity index (χ0n) is 20.9. The third-order valence-corrected chi connectivity index (χ3v) is 9.66. The van der Waals surface area contributed by atoms with E-state index in [0.29, 0.717) is 24.6 Å². The molecule has 9 nitrogen and oxygen atoms in total. The Hall–Kier alpha value is -3.71. The van der Waals surface area contributed by atoms with Crippen LogP contribution < -0.4 is 10.6 Å². The zero-order chi connectivity index (χ0) is 27.5. The van der Waals surface area contributed by atoms with Crippen LogP contribution in [0.1, 0.15) is 5.01 Å². The molecule has 3 aromatic carbocycles. The van der Waals surface area contributed by atoms with Crippen molar-refractivity contribution in [2.75, 3.05) is 23.9 Å². The van der Waals surface area contributed by atoms with Gasteiger partial charge >= 0.3 is 0 Å². The molecular weight excluding hydrogens is 555 g/mol. The molecule has 0 amide bonds. The van der Waals surface area contributed by atoms with Crippen molar-refractivity contribution in [2.45, 2.75) is 16.3 Å². The standard InChI is InChI=1S/C27H25N5O4S3/c1-38(33,34)14-13-28-17-26-29-16-25(37-26)19-7-12-23-24(15-19)30-18-31-27(23)32-20-8-10-22(11-9-20)39(35,36)21-5-3-2-4-6-21/h2-12,15-16,18,28H,13-14,17H2,1H3,(H,30,31,32). The van der Waals surface area contributed by atoms with Crippen LogP contribution in [0.15, 0.2) is 95.1 Å². The number of sulfone groups is 2. The zero-order valence-corrected chi connectivity index (χ0v) is 23.4. The summed E-state index contributed by atoms with van der Waals surface area (Å²) in [5.41, 5.74) is 2.40. The van der Waals surface area contributed by atoms with Crippen molar-refractivity contribution in [1.82, 2.24) is 20.3 Å². The second-order valence-corrected chi connectivity index (χ2v) is 14.2. The Bertz CT molecular complexity index is 1820. The predicted octanol–water partition coefficient (Wildman–Crippen LogP) is 4.46. The van der Waals surface area contributed by atoms with Crippen LogP contribution in [0.4, 0.5) is 11.5 Å². The molecule has 12 heteroatoms. The molecule has 2 aromatic heterocycles. The van der Waals surface area contributed by atoms with Crippen LogP contribution in [0.2, 0.25) is 0 Å². The SMILES string of the molecule is CS(=O)(=O)CCNCc1ncc(-c2ccc3c(Nc4ccc(S(=O)(=O)c5ccccc5)cc4)ncnc3c2)s1. The third-order valence-electron chi connectivity index (χ3n) is 5.88. The molecule has 0 fully saturated rings. The van der Waals surface area contributed by atoms with Gasteiger partial charge in [-0.05, 0) is 54.1 Å². The Labute approximate surface area is 230 Å². The number of hydrogen-bond donors (Lipinski definition) is 2. The molecule has 0 spiro atoms. The maximum absolute atomic E-state index is 12.9. The number of fused-ring (bicyclic) bond motifs is 1. The lowest BCUT2D eigenvalue weighted by molar-refractivity contribution is 0.594. The van der Waals surface area contributed by atoms with E-state index in [2.05, 4.69) is 25.6 Å². The Balaban J connectivity index is 1.30. The van der Waals surface area contributed by atoms with Gasteiger partial charge in [0.2, 0.25) is 9.84 Å². The van der Waals surface area contributed by atoms with Gasteiger partial charge in [-0.25, -0.2) is 31.8 Å². The van der Waals surface area contributed by atoms with Crippen molar-refractivity contribution in [3.8, 4) is 10.4 Å². The Morgan fingerprint density at radius 1 is 0.846 bits per heavy atom. The first-order valence-electron chi connectivity index (χ1n) is 11.9. The lowest BCUT2D eigenvalue weighted by atomic mass is 10.1. The highest BCUT2D eigenvalue weighted by Gasteiger charge is 2.17. The molecule has 0 radical (unpaired) electrons. The lowest BCUT2D eigenvalue weighted by Crippen LogP contribution is -2.21. The summed E-state index contributed by atoms with van der Waals surface area (Å²) in [5.74, 6) is 0.688. The van der Waals surface area contributed by atoms with Gasteiger partial charge in [-0.1, -0.05) is 24.3 Å². The van der Waals surface area contributed by atoms with E-state index in [1.54, 1.807) is 60.8 Å². The van der Waals surface area contributed by atoms with E-state index in [-0.39, 0.29) is 15.5 Å². The summed E-state index contributed by atoms with van der Waals surface area (Å²) in [6.07, 6.45) is 4.49. The number of nitrogens with one attached hydrogen (secondary N) is 2. The fourth-order valence-corrected chi connectivity index (χ4v) is 6.56. The number of thiazole rings is 1. The number of anilines is 2. The summed E-state index contributed by atoms with van der Waals surface area (Å²) >= 11 is 1.53. The van der Waals surface area contributed by atoms with Gasteiger partial charge in [0.1, 0.15) is 27.0 Å². The molecule has 0 aliphatic carbocycles. The highest BCUT2D eigenvalue weighted by atomic mass is 32.2. The molecule has 39 heavy (non-hydrogen) atoms. The number of hydrogen-bond acceptors (Lipinski definition) is 10. The van der Waals surface area contributed by atoms with Gasteiger partial charge in [0.05, 0.1) is 25.9 Å². The lowest BCUT2D eigenvalue weighted by Gasteiger charge is -2.10. The van der Waals surface area contributed by atoms with Crippen molar-refractivity contribution in [3.63, 3.8) is 0 Å². The molecule has 0 aliphatic rings. The highest BCUT2D eigenvalue weighted by Crippen LogP contribution is 2.31. The maximum Gasteiger partial charge on any atom is 0.206 e. The van der Waals surface area contributed by atoms with E-state index < -0.39 is 19.7 Å². The normalized spacial score (nSPS) is 12.0. The molecule has 0 bridgehead atoms. The smallest absolute Gasteiger partial charge is 0.206 e. The average Bonchev–Trinajstić information content (AvgIpc) is 3.40. The summed E-state index contributed by atoms with van der Waals surface area (Å²) < 4.78 is 48.3. The summed E-state index contributed by atoms with van der Waals surface area (Å²) in [4.78, 5) is 14.7. The fraction of sp³-hybridized carbons (Fsp3) is 0.148. The van der Waals surface area contributed by atoms with Crippen molar-refractivity contribution in [3.05, 3.63) is 90.3 Å². The summed E-state index contributed by atoms with van der Waals surface area (Å²) in [5, 5.41) is 8.05. The molecule has 0 saturated heterocycles. The average molecular weight is 580 g/mol. The first-order chi connectivity index (χ1) is 18.7. The van der Waals surface area contributed by atoms with Gasteiger partial charge in [-0.15, -0.1) is 11.3 Å². The van der Waals surface area contributed by atoms with Crippen LogP contribution >= 0.6 is 11.3 Å². The van der Waals surface area contributed by atoms with E-state index in [1.807, 2.05) is 18.2 Å². The third kappa shape index (κ3) is 6.48. The van der Waals surface area contributed by atoms with Crippen LogP contribution in [0.25, 0.3) is 21.3 Å². The van der Waals surface area contributed by atoms with Gasteiger partial charge in [-0.3, -0.25) is 0 Å². The van der Waals surface area contributed by atoms with E-state index >= 15 is 0 Å². The van der Waals surface area contributed by atoms with Crippen molar-refractivity contribution in [1.29, 1.82) is 0 Å². The Morgan fingerprint density at radius 3 is 2.33 bits per heavy atom. The van der Waals surface area contributed by atoms with Crippen molar-refractivity contribution >= 4 is 53.4 Å². The minimum Gasteiger partial charge on any atom is -0.340 e. The molecule has 2 heterocycles. The van der Waals surface area contributed by atoms with Crippen LogP contribution in [0.5, 0.6) is 0 Å². The van der Waals surface area contributed by atoms with Gasteiger partial charge < -0.3 is 10.6 Å². The molecule has 5 aromatic rings. The number of aromatic nitrogens is 3. The summed E-state index contributed by atoms with van der Waals surface area (Å²) in [6, 6.07) is 20.8. The second kappa shape index (κ2) is 11.2. The van der Waals surface area contributed by atoms with E-state index in [0.717, 1.165) is 26.4 Å². The van der Waals surface area contributed by atoms with Gasteiger partial charge in [-0.2, -0.15) is 0 Å². The molecule has 5 rings (SSSR count).